The van der Waals surface area contributed by atoms with Crippen LogP contribution in [0.1, 0.15) is 18.4 Å². The van der Waals surface area contributed by atoms with Crippen LogP contribution >= 0.6 is 11.3 Å². The number of sulfonamides is 1. The number of rotatable bonds is 8. The third-order valence-electron chi connectivity index (χ3n) is 4.48. The van der Waals surface area contributed by atoms with Gasteiger partial charge in [-0.3, -0.25) is 4.79 Å². The zero-order chi connectivity index (χ0) is 21.0. The Labute approximate surface area is 171 Å². The zero-order valence-electron chi connectivity index (χ0n) is 15.5. The summed E-state index contributed by atoms with van der Waals surface area (Å²) in [5.41, 5.74) is 0.600. The van der Waals surface area contributed by atoms with E-state index < -0.39 is 28.6 Å². The Morgan fingerprint density at radius 3 is 2.79 bits per heavy atom. The molecule has 0 spiro atoms. The Morgan fingerprint density at radius 1 is 1.34 bits per heavy atom. The van der Waals surface area contributed by atoms with Gasteiger partial charge in [0.05, 0.1) is 7.11 Å². The smallest absolute Gasteiger partial charge is 0.387 e. The first-order valence-corrected chi connectivity index (χ1v) is 11.1. The molecule has 0 radical (unpaired) electrons. The van der Waals surface area contributed by atoms with Crippen LogP contribution in [0.2, 0.25) is 0 Å². The average Bonchev–Trinajstić information content (AvgIpc) is 3.38. The van der Waals surface area contributed by atoms with Crippen LogP contribution < -0.4 is 14.8 Å². The van der Waals surface area contributed by atoms with Crippen LogP contribution in [0, 0.1) is 0 Å². The number of carbonyl (C=O) groups is 1. The van der Waals surface area contributed by atoms with Gasteiger partial charge in [0.15, 0.2) is 11.5 Å². The van der Waals surface area contributed by atoms with Crippen LogP contribution in [0.3, 0.4) is 0 Å². The molecular weight excluding hydrogens is 426 g/mol. The van der Waals surface area contributed by atoms with Gasteiger partial charge in [-0.25, -0.2) is 8.42 Å². The van der Waals surface area contributed by atoms with E-state index in [-0.39, 0.29) is 28.8 Å². The highest BCUT2D eigenvalue weighted by Crippen LogP contribution is 2.30. The van der Waals surface area contributed by atoms with Crippen molar-refractivity contribution in [1.29, 1.82) is 0 Å². The second-order valence-corrected chi connectivity index (χ2v) is 9.35. The number of hydrogen-bond acceptors (Lipinski definition) is 6. The van der Waals surface area contributed by atoms with Crippen LogP contribution in [-0.2, 0) is 21.4 Å². The number of carbonyl (C=O) groups excluding carboxylic acids is 1. The molecule has 1 fully saturated rings. The van der Waals surface area contributed by atoms with Gasteiger partial charge in [0, 0.05) is 13.1 Å². The Kier molecular flexibility index (Phi) is 6.70. The van der Waals surface area contributed by atoms with E-state index >= 15 is 0 Å². The van der Waals surface area contributed by atoms with Crippen molar-refractivity contribution in [3.63, 3.8) is 0 Å². The molecule has 1 N–H and O–H groups in total. The van der Waals surface area contributed by atoms with E-state index in [9.17, 15) is 22.0 Å². The fourth-order valence-corrected chi connectivity index (χ4v) is 5.91. The standard InChI is InChI=1S/C18H20F2N2O5S2/c1-26-15-10-12(6-7-14(15)27-18(19)20)11-21-17(23)13-4-2-8-22(13)29(24,25)16-5-3-9-28-16/h3,5-7,9-10,13,18H,2,4,8,11H2,1H3,(H,21,23). The molecule has 1 aromatic carbocycles. The highest BCUT2D eigenvalue weighted by Gasteiger charge is 2.39. The summed E-state index contributed by atoms with van der Waals surface area (Å²) in [4.78, 5) is 12.6. The number of methoxy groups -OCH3 is 1. The SMILES string of the molecule is COc1cc(CNC(=O)C2CCCN2S(=O)(=O)c2cccs2)ccc1OC(F)F. The predicted octanol–water partition coefficient (Wildman–Crippen LogP) is 2.83. The number of nitrogens with one attached hydrogen (secondary N) is 1. The first-order chi connectivity index (χ1) is 13.8. The van der Waals surface area contributed by atoms with Crippen molar-refractivity contribution < 1.29 is 31.5 Å². The number of benzene rings is 1. The molecule has 2 heterocycles. The molecule has 3 rings (SSSR count). The monoisotopic (exact) mass is 446 g/mol. The minimum Gasteiger partial charge on any atom is -0.493 e. The lowest BCUT2D eigenvalue weighted by atomic mass is 10.1. The molecule has 1 aliphatic heterocycles. The van der Waals surface area contributed by atoms with Crippen LogP contribution in [0.4, 0.5) is 8.78 Å². The fraction of sp³-hybridized carbons (Fsp3) is 0.389. The number of nitrogens with zero attached hydrogens (tertiary/aromatic N) is 1. The number of alkyl halides is 2. The maximum atomic E-state index is 12.8. The van der Waals surface area contributed by atoms with Crippen LogP contribution in [-0.4, -0.2) is 44.9 Å². The van der Waals surface area contributed by atoms with Crippen molar-refractivity contribution in [2.75, 3.05) is 13.7 Å². The number of hydrogen-bond donors (Lipinski definition) is 1. The second kappa shape index (κ2) is 9.06. The van der Waals surface area contributed by atoms with Crippen molar-refractivity contribution in [2.45, 2.75) is 36.2 Å². The molecule has 29 heavy (non-hydrogen) atoms. The topological polar surface area (TPSA) is 84.9 Å². The van der Waals surface area contributed by atoms with E-state index in [1.165, 1.54) is 35.7 Å². The predicted molar refractivity (Wildman–Crippen MR) is 103 cm³/mol. The largest absolute Gasteiger partial charge is 0.493 e. The Hall–Kier alpha value is -2.24. The normalized spacial score (nSPS) is 17.4. The number of thiophene rings is 1. The van der Waals surface area contributed by atoms with Gasteiger partial charge in [-0.15, -0.1) is 11.3 Å². The minimum absolute atomic E-state index is 0.0908. The average molecular weight is 446 g/mol. The Balaban J connectivity index is 1.67. The molecule has 1 amide bonds. The van der Waals surface area contributed by atoms with Crippen molar-refractivity contribution in [1.82, 2.24) is 9.62 Å². The molecule has 2 aromatic rings. The third kappa shape index (κ3) is 4.85. The maximum Gasteiger partial charge on any atom is 0.387 e. The van der Waals surface area contributed by atoms with E-state index in [1.54, 1.807) is 11.4 Å². The second-order valence-electron chi connectivity index (χ2n) is 6.29. The highest BCUT2D eigenvalue weighted by molar-refractivity contribution is 7.91. The Morgan fingerprint density at radius 2 is 2.14 bits per heavy atom. The van der Waals surface area contributed by atoms with Gasteiger partial charge < -0.3 is 14.8 Å². The molecule has 1 atom stereocenters. The summed E-state index contributed by atoms with van der Waals surface area (Å²) < 4.78 is 61.2. The van der Waals surface area contributed by atoms with E-state index in [2.05, 4.69) is 10.1 Å². The zero-order valence-corrected chi connectivity index (χ0v) is 17.1. The van der Waals surface area contributed by atoms with Gasteiger partial charge in [0.25, 0.3) is 10.0 Å². The van der Waals surface area contributed by atoms with E-state index in [0.29, 0.717) is 18.4 Å². The molecule has 11 heteroatoms. The van der Waals surface area contributed by atoms with Crippen molar-refractivity contribution in [3.8, 4) is 11.5 Å². The van der Waals surface area contributed by atoms with E-state index in [0.717, 1.165) is 11.3 Å². The van der Waals surface area contributed by atoms with Crippen molar-refractivity contribution in [3.05, 3.63) is 41.3 Å². The molecule has 0 aliphatic carbocycles. The highest BCUT2D eigenvalue weighted by atomic mass is 32.2. The lowest BCUT2D eigenvalue weighted by Crippen LogP contribution is -2.45. The van der Waals surface area contributed by atoms with E-state index in [4.69, 9.17) is 4.74 Å². The first-order valence-electron chi connectivity index (χ1n) is 8.77. The minimum atomic E-state index is -3.72. The molecule has 1 saturated heterocycles. The van der Waals surface area contributed by atoms with Gasteiger partial charge >= 0.3 is 6.61 Å². The first kappa shape index (κ1) is 21.5. The number of amides is 1. The van der Waals surface area contributed by atoms with Gasteiger partial charge in [-0.05, 0) is 42.0 Å². The van der Waals surface area contributed by atoms with Crippen LogP contribution in [0.15, 0.2) is 39.9 Å². The molecule has 158 valence electrons. The molecule has 0 bridgehead atoms. The summed E-state index contributed by atoms with van der Waals surface area (Å²) in [6.45, 7) is -2.60. The summed E-state index contributed by atoms with van der Waals surface area (Å²) in [6.07, 6.45) is 1.02. The number of halogens is 2. The lowest BCUT2D eigenvalue weighted by molar-refractivity contribution is -0.124. The van der Waals surface area contributed by atoms with Gasteiger partial charge in [-0.2, -0.15) is 13.1 Å². The summed E-state index contributed by atoms with van der Waals surface area (Å²) in [6, 6.07) is 6.71. The molecule has 1 unspecified atom stereocenters. The molecule has 1 aromatic heterocycles. The maximum absolute atomic E-state index is 12.8. The Bertz CT molecular complexity index is 951. The summed E-state index contributed by atoms with van der Waals surface area (Å²) in [5, 5.41) is 4.39. The molecule has 0 saturated carbocycles. The van der Waals surface area contributed by atoms with Gasteiger partial charge in [0.2, 0.25) is 5.91 Å². The van der Waals surface area contributed by atoms with Gasteiger partial charge in [-0.1, -0.05) is 12.1 Å². The van der Waals surface area contributed by atoms with Crippen molar-refractivity contribution in [2.24, 2.45) is 0 Å². The van der Waals surface area contributed by atoms with E-state index in [1.807, 2.05) is 0 Å². The molecule has 1 aliphatic rings. The molecule has 7 nitrogen and oxygen atoms in total. The van der Waals surface area contributed by atoms with Crippen LogP contribution in [0.25, 0.3) is 0 Å². The van der Waals surface area contributed by atoms with Crippen LogP contribution in [0.5, 0.6) is 11.5 Å². The van der Waals surface area contributed by atoms with Gasteiger partial charge in [0.1, 0.15) is 10.3 Å². The quantitative estimate of drug-likeness (QED) is 0.674. The summed E-state index contributed by atoms with van der Waals surface area (Å²) in [7, 11) is -2.40. The summed E-state index contributed by atoms with van der Waals surface area (Å²) >= 11 is 1.11. The third-order valence-corrected chi connectivity index (χ3v) is 7.76. The van der Waals surface area contributed by atoms with Crippen molar-refractivity contribution >= 4 is 27.3 Å². The fourth-order valence-electron chi connectivity index (χ4n) is 3.14. The number of ether oxygens (including phenoxy) is 2. The lowest BCUT2D eigenvalue weighted by Gasteiger charge is -2.22. The summed E-state index contributed by atoms with van der Waals surface area (Å²) in [5.74, 6) is -0.407. The molecular formula is C18H20F2N2O5S2.